The Labute approximate surface area is 109 Å². The molecule has 0 aliphatic rings. The summed E-state index contributed by atoms with van der Waals surface area (Å²) in [5.74, 6) is 1.32. The zero-order chi connectivity index (χ0) is 13.0. The molecule has 1 atom stereocenters. The lowest BCUT2D eigenvalue weighted by Gasteiger charge is -2.05. The minimum Gasteiger partial charge on any atom is -0.497 e. The van der Waals surface area contributed by atoms with E-state index in [1.165, 1.54) is 0 Å². The first-order valence-corrected chi connectivity index (χ1v) is 6.57. The predicted molar refractivity (Wildman–Crippen MR) is 71.2 cm³/mol. The van der Waals surface area contributed by atoms with Crippen molar-refractivity contribution < 1.29 is 13.1 Å². The van der Waals surface area contributed by atoms with Crippen molar-refractivity contribution in [3.05, 3.63) is 54.1 Å². The van der Waals surface area contributed by atoms with E-state index in [2.05, 4.69) is 0 Å². The Hall–Kier alpha value is -1.81. The van der Waals surface area contributed by atoms with Gasteiger partial charge in [0, 0.05) is 0 Å². The number of rotatable bonds is 4. The van der Waals surface area contributed by atoms with Crippen LogP contribution < -0.4 is 8.92 Å². The Morgan fingerprint density at radius 3 is 2.00 bits per heavy atom. The molecule has 0 bridgehead atoms. The molecule has 2 aromatic carbocycles. The highest BCUT2D eigenvalue weighted by molar-refractivity contribution is 7.80. The number of benzene rings is 2. The molecule has 0 heterocycles. The Morgan fingerprint density at radius 1 is 0.889 bits per heavy atom. The highest BCUT2D eigenvalue weighted by Crippen LogP contribution is 2.18. The zero-order valence-corrected chi connectivity index (χ0v) is 11.1. The van der Waals surface area contributed by atoms with Gasteiger partial charge in [-0.1, -0.05) is 17.7 Å². The number of methoxy groups -OCH3 is 1. The number of ether oxygens (including phenoxy) is 1. The molecule has 0 aliphatic carbocycles. The molecular weight excluding hydrogens is 248 g/mol. The first-order valence-electron chi connectivity index (χ1n) is 5.50. The van der Waals surface area contributed by atoms with Crippen LogP contribution in [0.5, 0.6) is 11.5 Å². The van der Waals surface area contributed by atoms with Crippen molar-refractivity contribution in [3.8, 4) is 11.5 Å². The standard InChI is InChI=1S/C14H14O3S/c1-11-3-5-13(6-4-11)17-18(15)14-9-7-12(16-2)8-10-14/h3-10H,1-2H3. The van der Waals surface area contributed by atoms with Crippen LogP contribution in [0.1, 0.15) is 5.56 Å². The van der Waals surface area contributed by atoms with Gasteiger partial charge in [0.05, 0.1) is 12.0 Å². The smallest absolute Gasteiger partial charge is 0.240 e. The van der Waals surface area contributed by atoms with Crippen molar-refractivity contribution in [1.82, 2.24) is 0 Å². The summed E-state index contributed by atoms with van der Waals surface area (Å²) >= 11 is -1.51. The fraction of sp³-hybridized carbons (Fsp3) is 0.143. The highest BCUT2D eigenvalue weighted by atomic mass is 32.2. The van der Waals surface area contributed by atoms with Crippen molar-refractivity contribution >= 4 is 11.1 Å². The van der Waals surface area contributed by atoms with Crippen LogP contribution in [-0.2, 0) is 11.1 Å². The van der Waals surface area contributed by atoms with E-state index < -0.39 is 11.1 Å². The SMILES string of the molecule is COc1ccc(S(=O)Oc2ccc(C)cc2)cc1. The molecule has 2 aromatic rings. The summed E-state index contributed by atoms with van der Waals surface area (Å²) in [6.07, 6.45) is 0. The Morgan fingerprint density at radius 2 is 1.44 bits per heavy atom. The first kappa shape index (κ1) is 12.6. The number of hydrogen-bond donors (Lipinski definition) is 0. The summed E-state index contributed by atoms with van der Waals surface area (Å²) in [6, 6.07) is 14.4. The van der Waals surface area contributed by atoms with Gasteiger partial charge in [-0.3, -0.25) is 0 Å². The lowest BCUT2D eigenvalue weighted by Crippen LogP contribution is -2.00. The Bertz CT molecular complexity index is 532. The lowest BCUT2D eigenvalue weighted by molar-refractivity contribution is 0.414. The molecule has 0 spiro atoms. The fourth-order valence-electron chi connectivity index (χ4n) is 1.42. The predicted octanol–water partition coefficient (Wildman–Crippen LogP) is 3.11. The van der Waals surface area contributed by atoms with Gasteiger partial charge in [0.15, 0.2) is 0 Å². The molecule has 3 nitrogen and oxygen atoms in total. The van der Waals surface area contributed by atoms with Gasteiger partial charge in [0.2, 0.25) is 11.1 Å². The fourth-order valence-corrected chi connectivity index (χ4v) is 2.16. The van der Waals surface area contributed by atoms with Crippen LogP contribution in [0.3, 0.4) is 0 Å². The molecule has 0 fully saturated rings. The van der Waals surface area contributed by atoms with Crippen LogP contribution in [-0.4, -0.2) is 11.3 Å². The van der Waals surface area contributed by atoms with Crippen LogP contribution in [0.4, 0.5) is 0 Å². The Balaban J connectivity index is 2.09. The molecule has 2 rings (SSSR count). The van der Waals surface area contributed by atoms with E-state index in [4.69, 9.17) is 8.92 Å². The minimum atomic E-state index is -1.51. The van der Waals surface area contributed by atoms with Gasteiger partial charge in [-0.15, -0.1) is 0 Å². The molecule has 0 N–H and O–H groups in total. The third-order valence-electron chi connectivity index (χ3n) is 2.44. The summed E-state index contributed by atoms with van der Waals surface area (Å²) in [7, 11) is 1.59. The monoisotopic (exact) mass is 262 g/mol. The summed E-state index contributed by atoms with van der Waals surface area (Å²) in [5.41, 5.74) is 1.14. The summed E-state index contributed by atoms with van der Waals surface area (Å²) in [4.78, 5) is 0.608. The molecule has 0 saturated heterocycles. The maximum atomic E-state index is 11.9. The van der Waals surface area contributed by atoms with Crippen LogP contribution in [0.15, 0.2) is 53.4 Å². The van der Waals surface area contributed by atoms with E-state index in [0.29, 0.717) is 10.6 Å². The van der Waals surface area contributed by atoms with Gasteiger partial charge in [0.25, 0.3) is 0 Å². The molecule has 94 valence electrons. The van der Waals surface area contributed by atoms with Crippen LogP contribution >= 0.6 is 0 Å². The van der Waals surface area contributed by atoms with Crippen molar-refractivity contribution in [1.29, 1.82) is 0 Å². The molecule has 0 amide bonds. The molecule has 0 saturated carbocycles. The molecule has 0 aromatic heterocycles. The molecule has 0 radical (unpaired) electrons. The third-order valence-corrected chi connectivity index (χ3v) is 3.45. The van der Waals surface area contributed by atoms with Crippen molar-refractivity contribution in [2.24, 2.45) is 0 Å². The van der Waals surface area contributed by atoms with E-state index in [1.54, 1.807) is 43.5 Å². The Kier molecular flexibility index (Phi) is 3.99. The average molecular weight is 262 g/mol. The van der Waals surface area contributed by atoms with E-state index in [-0.39, 0.29) is 0 Å². The molecule has 1 unspecified atom stereocenters. The van der Waals surface area contributed by atoms with Crippen LogP contribution in [0.25, 0.3) is 0 Å². The van der Waals surface area contributed by atoms with Crippen LogP contribution in [0.2, 0.25) is 0 Å². The zero-order valence-electron chi connectivity index (χ0n) is 10.3. The second kappa shape index (κ2) is 5.69. The first-order chi connectivity index (χ1) is 8.69. The van der Waals surface area contributed by atoms with E-state index in [9.17, 15) is 4.21 Å². The molecule has 18 heavy (non-hydrogen) atoms. The highest BCUT2D eigenvalue weighted by Gasteiger charge is 2.06. The van der Waals surface area contributed by atoms with Crippen molar-refractivity contribution in [3.63, 3.8) is 0 Å². The normalized spacial score (nSPS) is 11.9. The minimum absolute atomic E-state index is 0.592. The lowest BCUT2D eigenvalue weighted by atomic mass is 10.2. The molecule has 0 aliphatic heterocycles. The number of hydrogen-bond acceptors (Lipinski definition) is 3. The molecular formula is C14H14O3S. The van der Waals surface area contributed by atoms with Crippen LogP contribution in [0, 0.1) is 6.92 Å². The van der Waals surface area contributed by atoms with Gasteiger partial charge in [0.1, 0.15) is 11.5 Å². The van der Waals surface area contributed by atoms with E-state index in [1.807, 2.05) is 19.1 Å². The maximum absolute atomic E-state index is 11.9. The third kappa shape index (κ3) is 3.11. The summed E-state index contributed by atoms with van der Waals surface area (Å²) < 4.78 is 22.3. The largest absolute Gasteiger partial charge is 0.497 e. The number of aryl methyl sites for hydroxylation is 1. The van der Waals surface area contributed by atoms with Crippen molar-refractivity contribution in [2.45, 2.75) is 11.8 Å². The van der Waals surface area contributed by atoms with Crippen molar-refractivity contribution in [2.75, 3.05) is 7.11 Å². The molecule has 4 heteroatoms. The average Bonchev–Trinajstić information content (AvgIpc) is 2.41. The topological polar surface area (TPSA) is 35.5 Å². The maximum Gasteiger partial charge on any atom is 0.240 e. The van der Waals surface area contributed by atoms with Gasteiger partial charge < -0.3 is 8.92 Å². The second-order valence-electron chi connectivity index (χ2n) is 3.81. The van der Waals surface area contributed by atoms with Gasteiger partial charge in [-0.05, 0) is 43.3 Å². The van der Waals surface area contributed by atoms with E-state index in [0.717, 1.165) is 11.3 Å². The van der Waals surface area contributed by atoms with Gasteiger partial charge in [-0.25, -0.2) is 4.21 Å². The van der Waals surface area contributed by atoms with E-state index >= 15 is 0 Å². The summed E-state index contributed by atoms with van der Waals surface area (Å²) in [5, 5.41) is 0. The summed E-state index contributed by atoms with van der Waals surface area (Å²) in [6.45, 7) is 1.99. The second-order valence-corrected chi connectivity index (χ2v) is 4.91. The van der Waals surface area contributed by atoms with Gasteiger partial charge >= 0.3 is 0 Å². The quantitative estimate of drug-likeness (QED) is 0.849. The van der Waals surface area contributed by atoms with Gasteiger partial charge in [-0.2, -0.15) is 0 Å².